The minimum Gasteiger partial charge on any atom is -0.497 e. The Kier molecular flexibility index (Phi) is 6.96. The zero-order chi connectivity index (χ0) is 14.8. The van der Waals surface area contributed by atoms with Crippen molar-refractivity contribution in [2.24, 2.45) is 0 Å². The average Bonchev–Trinajstić information content (AvgIpc) is 2.46. The summed E-state index contributed by atoms with van der Waals surface area (Å²) >= 11 is 0. The van der Waals surface area contributed by atoms with Crippen LogP contribution in [0.15, 0.2) is 48.5 Å². The number of aliphatic hydroxyl groups excluding tert-OH is 1. The van der Waals surface area contributed by atoms with Gasteiger partial charge >= 0.3 is 58.4 Å². The van der Waals surface area contributed by atoms with Gasteiger partial charge in [-0.1, -0.05) is 36.4 Å². The van der Waals surface area contributed by atoms with Crippen molar-refractivity contribution in [3.63, 3.8) is 0 Å². The van der Waals surface area contributed by atoms with E-state index in [1.54, 1.807) is 24.3 Å². The van der Waals surface area contributed by atoms with E-state index in [-0.39, 0.29) is 56.9 Å². The molecule has 0 heterocycles. The molecule has 7 heteroatoms. The van der Waals surface area contributed by atoms with Crippen LogP contribution in [0.1, 0.15) is 17.2 Å². The van der Waals surface area contributed by atoms with Crippen molar-refractivity contribution in [3.8, 4) is 5.75 Å². The van der Waals surface area contributed by atoms with Gasteiger partial charge in [-0.2, -0.15) is 0 Å². The SMILES string of the molecule is COc1ccc(C(O)c2cccc([B-](F)(F)F)c2)cc1.[K+]. The van der Waals surface area contributed by atoms with E-state index < -0.39 is 18.5 Å². The molecule has 0 fully saturated rings. The van der Waals surface area contributed by atoms with Gasteiger partial charge in [0.2, 0.25) is 0 Å². The minimum atomic E-state index is -5.07. The molecule has 106 valence electrons. The van der Waals surface area contributed by atoms with Crippen LogP contribution in [0.2, 0.25) is 0 Å². The van der Waals surface area contributed by atoms with Crippen LogP contribution in [-0.4, -0.2) is 19.2 Å². The first-order valence-electron chi connectivity index (χ1n) is 6.03. The average molecular weight is 320 g/mol. The van der Waals surface area contributed by atoms with Crippen LogP contribution in [-0.2, 0) is 0 Å². The van der Waals surface area contributed by atoms with Gasteiger partial charge in [-0.25, -0.2) is 0 Å². The van der Waals surface area contributed by atoms with Gasteiger partial charge in [0, 0.05) is 0 Å². The molecular weight excluding hydrogens is 307 g/mol. The maximum Gasteiger partial charge on any atom is 1.00 e. The molecule has 2 aromatic rings. The zero-order valence-corrected chi connectivity index (χ0v) is 14.9. The molecule has 0 radical (unpaired) electrons. The molecule has 0 amide bonds. The van der Waals surface area contributed by atoms with E-state index in [9.17, 15) is 18.1 Å². The summed E-state index contributed by atoms with van der Waals surface area (Å²) in [5, 5.41) is 10.1. The van der Waals surface area contributed by atoms with Gasteiger partial charge in [0.15, 0.2) is 0 Å². The number of halogens is 3. The molecule has 2 rings (SSSR count). The second-order valence-electron chi connectivity index (χ2n) is 4.42. The third-order valence-electron chi connectivity index (χ3n) is 3.04. The molecule has 1 N–H and O–H groups in total. The number of hydrogen-bond donors (Lipinski definition) is 1. The number of ether oxygens (including phenoxy) is 1. The van der Waals surface area contributed by atoms with E-state index in [1.165, 1.54) is 19.2 Å². The van der Waals surface area contributed by atoms with Crippen LogP contribution in [0.25, 0.3) is 0 Å². The smallest absolute Gasteiger partial charge is 0.497 e. The van der Waals surface area contributed by atoms with Gasteiger partial charge in [-0.15, -0.1) is 5.46 Å². The van der Waals surface area contributed by atoms with Crippen LogP contribution in [0.3, 0.4) is 0 Å². The fourth-order valence-electron chi connectivity index (χ4n) is 1.91. The Labute approximate surface area is 163 Å². The van der Waals surface area contributed by atoms with Gasteiger partial charge in [0.25, 0.3) is 0 Å². The molecule has 0 spiro atoms. The van der Waals surface area contributed by atoms with E-state index in [2.05, 4.69) is 0 Å². The predicted molar refractivity (Wildman–Crippen MR) is 72.2 cm³/mol. The number of hydrogen-bond acceptors (Lipinski definition) is 2. The third kappa shape index (κ3) is 4.84. The largest absolute Gasteiger partial charge is 1.00 e. The minimum absolute atomic E-state index is 0. The summed E-state index contributed by atoms with van der Waals surface area (Å²) in [6.07, 6.45) is -1.10. The molecule has 1 atom stereocenters. The zero-order valence-electron chi connectivity index (χ0n) is 11.8. The molecule has 0 aliphatic carbocycles. The van der Waals surface area contributed by atoms with Crippen molar-refractivity contribution in [1.29, 1.82) is 0 Å². The number of methoxy groups -OCH3 is 1. The molecule has 0 saturated heterocycles. The Bertz CT molecular complexity index is 588. The van der Waals surface area contributed by atoms with Gasteiger partial charge in [-0.05, 0) is 23.3 Å². The Balaban J connectivity index is 0.00000220. The quantitative estimate of drug-likeness (QED) is 0.793. The fourth-order valence-corrected chi connectivity index (χ4v) is 1.91. The molecule has 2 nitrogen and oxygen atoms in total. The van der Waals surface area contributed by atoms with Gasteiger partial charge < -0.3 is 22.8 Å². The molecular formula is C14H13BF3KO2. The first-order chi connectivity index (χ1) is 9.41. The Morgan fingerprint density at radius 2 is 1.62 bits per heavy atom. The van der Waals surface area contributed by atoms with Gasteiger partial charge in [-0.3, -0.25) is 0 Å². The Morgan fingerprint density at radius 1 is 1.00 bits per heavy atom. The molecule has 0 aliphatic rings. The summed E-state index contributed by atoms with van der Waals surface area (Å²) in [6.45, 7) is -5.07. The van der Waals surface area contributed by atoms with Crippen LogP contribution in [0.4, 0.5) is 12.9 Å². The van der Waals surface area contributed by atoms with Crippen molar-refractivity contribution in [2.45, 2.75) is 6.10 Å². The number of rotatable bonds is 4. The molecule has 0 aromatic heterocycles. The van der Waals surface area contributed by atoms with Crippen molar-refractivity contribution >= 4 is 12.4 Å². The Hall–Kier alpha value is -0.309. The molecule has 0 bridgehead atoms. The van der Waals surface area contributed by atoms with E-state index in [0.29, 0.717) is 11.3 Å². The van der Waals surface area contributed by atoms with E-state index in [4.69, 9.17) is 4.74 Å². The molecule has 0 saturated carbocycles. The predicted octanol–water partition coefficient (Wildman–Crippen LogP) is -0.165. The summed E-state index contributed by atoms with van der Waals surface area (Å²) in [7, 11) is 1.51. The fraction of sp³-hybridized carbons (Fsp3) is 0.143. The molecule has 2 aromatic carbocycles. The normalized spacial score (nSPS) is 12.4. The Morgan fingerprint density at radius 3 is 2.14 bits per heavy atom. The maximum atomic E-state index is 12.7. The molecule has 21 heavy (non-hydrogen) atoms. The van der Waals surface area contributed by atoms with Crippen molar-refractivity contribution < 1.29 is 74.2 Å². The summed E-state index contributed by atoms with van der Waals surface area (Å²) in [5.74, 6) is 0.619. The van der Waals surface area contributed by atoms with Gasteiger partial charge in [0.1, 0.15) is 11.9 Å². The number of benzene rings is 2. The summed E-state index contributed by atoms with van der Waals surface area (Å²) < 4.78 is 43.1. The van der Waals surface area contributed by atoms with Crippen LogP contribution >= 0.6 is 0 Å². The van der Waals surface area contributed by atoms with E-state index in [1.807, 2.05) is 0 Å². The van der Waals surface area contributed by atoms with E-state index in [0.717, 1.165) is 12.1 Å². The van der Waals surface area contributed by atoms with E-state index >= 15 is 0 Å². The second kappa shape index (κ2) is 7.80. The van der Waals surface area contributed by atoms with Crippen LogP contribution in [0.5, 0.6) is 5.75 Å². The molecule has 0 aliphatic heterocycles. The summed E-state index contributed by atoms with van der Waals surface area (Å²) in [4.78, 5) is 0. The molecule has 1 unspecified atom stereocenters. The standard InChI is InChI=1S/C14H13BF3O2.K/c1-20-13-7-5-10(6-8-13)14(19)11-3-2-4-12(9-11)15(16,17)18;/h2-9,14,19H,1H3;/q-1;+1. The monoisotopic (exact) mass is 320 g/mol. The van der Waals surface area contributed by atoms with Crippen LogP contribution < -0.4 is 61.6 Å². The second-order valence-corrected chi connectivity index (χ2v) is 4.42. The van der Waals surface area contributed by atoms with Crippen LogP contribution in [0, 0.1) is 0 Å². The maximum absolute atomic E-state index is 12.7. The van der Waals surface area contributed by atoms with Crippen molar-refractivity contribution in [3.05, 3.63) is 59.7 Å². The summed E-state index contributed by atoms with van der Waals surface area (Å²) in [5.41, 5.74) is 0.0135. The summed E-state index contributed by atoms with van der Waals surface area (Å²) in [6, 6.07) is 11.3. The van der Waals surface area contributed by atoms with Gasteiger partial charge in [0.05, 0.1) is 7.11 Å². The van der Waals surface area contributed by atoms with Crippen molar-refractivity contribution in [1.82, 2.24) is 0 Å². The first-order valence-corrected chi connectivity index (χ1v) is 6.03. The first kappa shape index (κ1) is 18.7. The number of aliphatic hydroxyl groups is 1. The topological polar surface area (TPSA) is 29.5 Å². The van der Waals surface area contributed by atoms with Crippen molar-refractivity contribution in [2.75, 3.05) is 7.11 Å². The third-order valence-corrected chi connectivity index (χ3v) is 3.04.